The number of benzene rings is 1. The Hall–Kier alpha value is -2.04. The van der Waals surface area contributed by atoms with Gasteiger partial charge in [-0.25, -0.2) is 0 Å². The number of carboxylic acids is 1. The summed E-state index contributed by atoms with van der Waals surface area (Å²) in [6.45, 7) is 6.61. The van der Waals surface area contributed by atoms with Crippen LogP contribution in [0.25, 0.3) is 0 Å². The van der Waals surface area contributed by atoms with E-state index in [9.17, 15) is 9.59 Å². The van der Waals surface area contributed by atoms with Crippen LogP contribution in [-0.4, -0.2) is 41.6 Å². The molecule has 0 radical (unpaired) electrons. The molecule has 116 valence electrons. The number of nitrogens with zero attached hydrogens (tertiary/aromatic N) is 1. The minimum atomic E-state index is -0.990. The lowest BCUT2D eigenvalue weighted by molar-refractivity contribution is -0.144. The Labute approximate surface area is 125 Å². The van der Waals surface area contributed by atoms with Crippen LogP contribution < -0.4 is 4.74 Å². The number of rotatable bonds is 8. The minimum Gasteiger partial charge on any atom is -0.494 e. The van der Waals surface area contributed by atoms with Gasteiger partial charge in [-0.1, -0.05) is 26.0 Å². The van der Waals surface area contributed by atoms with Crippen LogP contribution in [0.2, 0.25) is 0 Å². The summed E-state index contributed by atoms with van der Waals surface area (Å²) in [7, 11) is 0. The van der Waals surface area contributed by atoms with Crippen molar-refractivity contribution >= 4 is 11.9 Å². The first kappa shape index (κ1) is 17.0. The molecule has 0 unspecified atom stereocenters. The molecule has 1 amide bonds. The van der Waals surface area contributed by atoms with Gasteiger partial charge in [0.05, 0.1) is 13.0 Å². The number of aliphatic carboxylic acids is 1. The van der Waals surface area contributed by atoms with Crippen LogP contribution in [0.15, 0.2) is 24.3 Å². The summed E-state index contributed by atoms with van der Waals surface area (Å²) in [6, 6.07) is 7.29. The van der Waals surface area contributed by atoms with Crippen molar-refractivity contribution in [3.63, 3.8) is 0 Å². The zero-order valence-electron chi connectivity index (χ0n) is 12.8. The molecule has 0 spiro atoms. The second-order valence-electron chi connectivity index (χ2n) is 5.32. The van der Waals surface area contributed by atoms with E-state index in [0.717, 1.165) is 11.3 Å². The minimum absolute atomic E-state index is 0.171. The molecule has 5 heteroatoms. The predicted molar refractivity (Wildman–Crippen MR) is 80.4 cm³/mol. The van der Waals surface area contributed by atoms with E-state index < -0.39 is 5.97 Å². The first-order valence-electron chi connectivity index (χ1n) is 7.13. The molecule has 5 nitrogen and oxygen atoms in total. The zero-order chi connectivity index (χ0) is 15.8. The number of hydrogen-bond acceptors (Lipinski definition) is 3. The fraction of sp³-hybridized carbons (Fsp3) is 0.500. The summed E-state index contributed by atoms with van der Waals surface area (Å²) in [5.74, 6) is -0.169. The van der Waals surface area contributed by atoms with Gasteiger partial charge in [-0.3, -0.25) is 9.59 Å². The van der Waals surface area contributed by atoms with Crippen molar-refractivity contribution < 1.29 is 19.4 Å². The van der Waals surface area contributed by atoms with E-state index in [2.05, 4.69) is 0 Å². The van der Waals surface area contributed by atoms with Gasteiger partial charge in [0.2, 0.25) is 5.91 Å². The molecule has 1 N–H and O–H groups in total. The van der Waals surface area contributed by atoms with Gasteiger partial charge in [-0.2, -0.15) is 0 Å². The van der Waals surface area contributed by atoms with E-state index >= 15 is 0 Å². The first-order valence-corrected chi connectivity index (χ1v) is 7.13. The van der Waals surface area contributed by atoms with Gasteiger partial charge in [-0.15, -0.1) is 0 Å². The molecule has 1 aromatic rings. The quantitative estimate of drug-likeness (QED) is 0.798. The largest absolute Gasteiger partial charge is 0.494 e. The maximum Gasteiger partial charge on any atom is 0.323 e. The molecule has 0 fully saturated rings. The molecule has 0 heterocycles. The smallest absolute Gasteiger partial charge is 0.323 e. The number of amides is 1. The van der Waals surface area contributed by atoms with Crippen LogP contribution >= 0.6 is 0 Å². The summed E-state index contributed by atoms with van der Waals surface area (Å²) in [6.07, 6.45) is 0.201. The van der Waals surface area contributed by atoms with E-state index in [0.29, 0.717) is 13.2 Å². The molecular weight excluding hydrogens is 270 g/mol. The lowest BCUT2D eigenvalue weighted by atomic mass is 10.1. The van der Waals surface area contributed by atoms with E-state index in [-0.39, 0.29) is 24.8 Å². The van der Waals surface area contributed by atoms with Crippen molar-refractivity contribution in [3.05, 3.63) is 29.8 Å². The summed E-state index contributed by atoms with van der Waals surface area (Å²) in [5, 5.41) is 8.90. The normalized spacial score (nSPS) is 10.5. The van der Waals surface area contributed by atoms with Crippen molar-refractivity contribution in [2.75, 3.05) is 19.7 Å². The molecule has 1 rings (SSSR count). The summed E-state index contributed by atoms with van der Waals surface area (Å²) in [4.78, 5) is 24.5. The maximum atomic E-state index is 12.2. The van der Waals surface area contributed by atoms with Crippen LogP contribution in [0.5, 0.6) is 5.75 Å². The highest BCUT2D eigenvalue weighted by Crippen LogP contribution is 2.13. The highest BCUT2D eigenvalue weighted by Gasteiger charge is 2.18. The lowest BCUT2D eigenvalue weighted by Crippen LogP contribution is -2.39. The summed E-state index contributed by atoms with van der Waals surface area (Å²) in [5.41, 5.74) is 0.850. The monoisotopic (exact) mass is 293 g/mol. The molecule has 0 aliphatic rings. The molecule has 0 atom stereocenters. The number of carbonyl (C=O) groups excluding carboxylic acids is 1. The fourth-order valence-corrected chi connectivity index (χ4v) is 2.02. The molecule has 0 saturated heterocycles. The Morgan fingerprint density at radius 2 is 1.86 bits per heavy atom. The van der Waals surface area contributed by atoms with Gasteiger partial charge in [-0.05, 0) is 30.5 Å². The Morgan fingerprint density at radius 3 is 2.33 bits per heavy atom. The van der Waals surface area contributed by atoms with Crippen LogP contribution in [0.1, 0.15) is 26.3 Å². The van der Waals surface area contributed by atoms with Gasteiger partial charge in [0.15, 0.2) is 0 Å². The number of hydrogen-bond donors (Lipinski definition) is 1. The third-order valence-corrected chi connectivity index (χ3v) is 2.85. The Balaban J connectivity index is 2.68. The average molecular weight is 293 g/mol. The molecule has 0 aliphatic heterocycles. The zero-order valence-corrected chi connectivity index (χ0v) is 12.8. The maximum absolute atomic E-state index is 12.2. The van der Waals surface area contributed by atoms with Crippen molar-refractivity contribution in [1.82, 2.24) is 4.90 Å². The van der Waals surface area contributed by atoms with Gasteiger partial charge < -0.3 is 14.7 Å². The van der Waals surface area contributed by atoms with Crippen molar-refractivity contribution in [1.29, 1.82) is 0 Å². The van der Waals surface area contributed by atoms with Gasteiger partial charge in [0.1, 0.15) is 12.3 Å². The average Bonchev–Trinajstić information content (AvgIpc) is 2.39. The Bertz CT molecular complexity index is 468. The van der Waals surface area contributed by atoms with Crippen LogP contribution in [0.4, 0.5) is 0 Å². The molecule has 1 aromatic carbocycles. The van der Waals surface area contributed by atoms with E-state index in [1.807, 2.05) is 45.0 Å². The van der Waals surface area contributed by atoms with E-state index in [1.54, 1.807) is 0 Å². The van der Waals surface area contributed by atoms with Crippen LogP contribution in [0.3, 0.4) is 0 Å². The van der Waals surface area contributed by atoms with E-state index in [4.69, 9.17) is 9.84 Å². The lowest BCUT2D eigenvalue weighted by Gasteiger charge is -2.22. The van der Waals surface area contributed by atoms with Crippen molar-refractivity contribution in [2.24, 2.45) is 5.92 Å². The van der Waals surface area contributed by atoms with Gasteiger partial charge in [0, 0.05) is 6.54 Å². The molecule has 0 aliphatic carbocycles. The topological polar surface area (TPSA) is 66.8 Å². The molecular formula is C16H23NO4. The second kappa shape index (κ2) is 8.29. The van der Waals surface area contributed by atoms with Crippen molar-refractivity contribution in [2.45, 2.75) is 27.2 Å². The van der Waals surface area contributed by atoms with Gasteiger partial charge >= 0.3 is 5.97 Å². The number of ether oxygens (including phenoxy) is 1. The predicted octanol–water partition coefficient (Wildman–Crippen LogP) is 2.20. The molecule has 0 saturated carbocycles. The third kappa shape index (κ3) is 6.29. The highest BCUT2D eigenvalue weighted by atomic mass is 16.5. The summed E-state index contributed by atoms with van der Waals surface area (Å²) < 4.78 is 5.35. The number of carboxylic acid groups (broad SMARTS) is 1. The van der Waals surface area contributed by atoms with Crippen LogP contribution in [0, 0.1) is 5.92 Å². The van der Waals surface area contributed by atoms with Gasteiger partial charge in [0.25, 0.3) is 0 Å². The Kier molecular flexibility index (Phi) is 6.72. The summed E-state index contributed by atoms with van der Waals surface area (Å²) >= 11 is 0. The van der Waals surface area contributed by atoms with Crippen molar-refractivity contribution in [3.8, 4) is 5.75 Å². The second-order valence-corrected chi connectivity index (χ2v) is 5.32. The standard InChI is InChI=1S/C16H23NO4/c1-4-21-14-7-5-13(6-8-14)9-15(18)17(10-12(2)3)11-16(19)20/h5-8,12H,4,9-11H2,1-3H3,(H,19,20). The molecule has 21 heavy (non-hydrogen) atoms. The van der Waals surface area contributed by atoms with Crippen LogP contribution in [-0.2, 0) is 16.0 Å². The SMILES string of the molecule is CCOc1ccc(CC(=O)N(CC(=O)O)CC(C)C)cc1. The third-order valence-electron chi connectivity index (χ3n) is 2.85. The highest BCUT2D eigenvalue weighted by molar-refractivity contribution is 5.83. The Morgan fingerprint density at radius 1 is 1.24 bits per heavy atom. The molecule has 0 bridgehead atoms. The van der Waals surface area contributed by atoms with E-state index in [1.165, 1.54) is 4.90 Å². The first-order chi connectivity index (χ1) is 9.92. The fourth-order valence-electron chi connectivity index (χ4n) is 2.02. The number of carbonyl (C=O) groups is 2. The molecule has 0 aromatic heterocycles.